The van der Waals surface area contributed by atoms with Crippen molar-refractivity contribution in [1.82, 2.24) is 4.90 Å². The molecule has 2 bridgehead atoms. The number of amides is 3. The standard InChI is InChI=1S/C20H19N3O7/c1-10-2-5-13(7-14(10)23(28)29)21-15(24)9-30-16(25)8-22-19(26)17-11-3-4-12(6-11)18(17)20(22)27/h2-5,7,11-12,17-18H,6,8-9H2,1H3,(H,21,24)/t11-,12-,17+,18+/m0/s1. The number of likely N-dealkylation sites (tertiary alicyclic amines) is 1. The molecule has 0 aromatic heterocycles. The number of allylic oxidation sites excluding steroid dienone is 2. The molecule has 0 spiro atoms. The molecule has 10 heteroatoms. The molecule has 1 saturated carbocycles. The van der Waals surface area contributed by atoms with E-state index < -0.39 is 41.8 Å². The molecule has 3 amide bonds. The van der Waals surface area contributed by atoms with Gasteiger partial charge in [0.1, 0.15) is 6.54 Å². The Morgan fingerprint density at radius 3 is 2.43 bits per heavy atom. The third-order valence-electron chi connectivity index (χ3n) is 5.90. The number of nitro groups is 1. The zero-order chi connectivity index (χ0) is 21.6. The molecule has 156 valence electrons. The molecule has 4 rings (SSSR count). The van der Waals surface area contributed by atoms with Gasteiger partial charge in [-0.3, -0.25) is 34.2 Å². The van der Waals surface area contributed by atoms with Gasteiger partial charge >= 0.3 is 5.97 Å². The number of hydrogen-bond acceptors (Lipinski definition) is 7. The first kappa shape index (κ1) is 19.7. The van der Waals surface area contributed by atoms with Gasteiger partial charge in [-0.2, -0.15) is 0 Å². The average Bonchev–Trinajstić information content (AvgIpc) is 3.38. The molecule has 1 aliphatic heterocycles. The van der Waals surface area contributed by atoms with E-state index in [1.54, 1.807) is 6.92 Å². The van der Waals surface area contributed by atoms with Crippen molar-refractivity contribution in [2.75, 3.05) is 18.5 Å². The number of nitro benzene ring substituents is 1. The summed E-state index contributed by atoms with van der Waals surface area (Å²) in [7, 11) is 0. The topological polar surface area (TPSA) is 136 Å². The average molecular weight is 413 g/mol. The van der Waals surface area contributed by atoms with E-state index in [0.29, 0.717) is 5.56 Å². The van der Waals surface area contributed by atoms with E-state index in [9.17, 15) is 29.3 Å². The SMILES string of the molecule is Cc1ccc(NC(=O)COC(=O)CN2C(=O)[C@H]3[C@H](C2=O)[C@H]2C=C[C@H]3C2)cc1[N+](=O)[O-]. The molecule has 2 fully saturated rings. The summed E-state index contributed by atoms with van der Waals surface area (Å²) in [5, 5.41) is 13.4. The Morgan fingerprint density at radius 2 is 1.83 bits per heavy atom. The Hall–Kier alpha value is -3.56. The Balaban J connectivity index is 1.30. The summed E-state index contributed by atoms with van der Waals surface area (Å²) in [6.45, 7) is 0.395. The smallest absolute Gasteiger partial charge is 0.326 e. The molecular formula is C20H19N3O7. The minimum Gasteiger partial charge on any atom is -0.454 e. The minimum atomic E-state index is -0.873. The number of benzene rings is 1. The quantitative estimate of drug-likeness (QED) is 0.243. The fourth-order valence-electron chi connectivity index (χ4n) is 4.52. The van der Waals surface area contributed by atoms with Crippen LogP contribution in [-0.4, -0.2) is 46.7 Å². The number of carbonyl (C=O) groups excluding carboxylic acids is 4. The second-order valence-electron chi connectivity index (χ2n) is 7.73. The minimum absolute atomic E-state index is 0.0433. The fourth-order valence-corrected chi connectivity index (χ4v) is 4.52. The van der Waals surface area contributed by atoms with Crippen molar-refractivity contribution in [3.63, 3.8) is 0 Å². The van der Waals surface area contributed by atoms with Crippen molar-refractivity contribution in [2.45, 2.75) is 13.3 Å². The molecule has 1 aromatic rings. The molecule has 4 atom stereocenters. The van der Waals surface area contributed by atoms with E-state index in [4.69, 9.17) is 4.74 Å². The van der Waals surface area contributed by atoms with Crippen LogP contribution in [0.5, 0.6) is 0 Å². The van der Waals surface area contributed by atoms with Crippen LogP contribution in [0.2, 0.25) is 0 Å². The number of hydrogen-bond donors (Lipinski definition) is 1. The maximum atomic E-state index is 12.5. The number of esters is 1. The van der Waals surface area contributed by atoms with Gasteiger partial charge in [-0.1, -0.05) is 18.2 Å². The van der Waals surface area contributed by atoms with Gasteiger partial charge in [0.2, 0.25) is 11.8 Å². The first-order chi connectivity index (χ1) is 14.3. The van der Waals surface area contributed by atoms with E-state index >= 15 is 0 Å². The van der Waals surface area contributed by atoms with Crippen LogP contribution in [0.4, 0.5) is 11.4 Å². The number of nitrogens with one attached hydrogen (secondary N) is 1. The highest BCUT2D eigenvalue weighted by molar-refractivity contribution is 6.08. The van der Waals surface area contributed by atoms with Crippen LogP contribution in [0.3, 0.4) is 0 Å². The van der Waals surface area contributed by atoms with Gasteiger partial charge in [0.05, 0.1) is 16.8 Å². The highest BCUT2D eigenvalue weighted by Gasteiger charge is 2.59. The highest BCUT2D eigenvalue weighted by atomic mass is 16.6. The monoisotopic (exact) mass is 413 g/mol. The predicted molar refractivity (Wildman–Crippen MR) is 102 cm³/mol. The van der Waals surface area contributed by atoms with Crippen LogP contribution in [-0.2, 0) is 23.9 Å². The first-order valence-electron chi connectivity index (χ1n) is 9.50. The second-order valence-corrected chi connectivity index (χ2v) is 7.73. The van der Waals surface area contributed by atoms with Crippen molar-refractivity contribution in [2.24, 2.45) is 23.7 Å². The van der Waals surface area contributed by atoms with E-state index in [1.165, 1.54) is 18.2 Å². The number of anilines is 1. The zero-order valence-corrected chi connectivity index (χ0v) is 16.1. The van der Waals surface area contributed by atoms with E-state index in [1.807, 2.05) is 12.2 Å². The van der Waals surface area contributed by atoms with Gasteiger partial charge in [-0.05, 0) is 31.2 Å². The van der Waals surface area contributed by atoms with Crippen molar-refractivity contribution < 1.29 is 28.8 Å². The molecule has 1 heterocycles. The highest BCUT2D eigenvalue weighted by Crippen LogP contribution is 2.52. The van der Waals surface area contributed by atoms with Crippen molar-refractivity contribution in [3.05, 3.63) is 46.0 Å². The van der Waals surface area contributed by atoms with Gasteiger partial charge in [0.15, 0.2) is 6.61 Å². The lowest BCUT2D eigenvalue weighted by atomic mass is 9.85. The summed E-state index contributed by atoms with van der Waals surface area (Å²) in [6, 6.07) is 4.19. The second kappa shape index (κ2) is 7.36. The van der Waals surface area contributed by atoms with Gasteiger partial charge < -0.3 is 10.1 Å². The van der Waals surface area contributed by atoms with Crippen LogP contribution in [0.25, 0.3) is 0 Å². The predicted octanol–water partition coefficient (Wildman–Crippen LogP) is 1.19. The zero-order valence-electron chi connectivity index (χ0n) is 16.1. The molecule has 3 aliphatic rings. The summed E-state index contributed by atoms with van der Waals surface area (Å²) >= 11 is 0. The van der Waals surface area contributed by atoms with Gasteiger partial charge in [-0.25, -0.2) is 0 Å². The summed E-state index contributed by atoms with van der Waals surface area (Å²) in [5.41, 5.74) is 0.483. The van der Waals surface area contributed by atoms with E-state index in [2.05, 4.69) is 5.32 Å². The van der Waals surface area contributed by atoms with Crippen LogP contribution in [0, 0.1) is 40.7 Å². The molecule has 1 N–H and O–H groups in total. The Labute approximate surface area is 171 Å². The summed E-state index contributed by atoms with van der Waals surface area (Å²) in [4.78, 5) is 60.5. The Bertz CT molecular complexity index is 972. The number of aryl methyl sites for hydroxylation is 1. The van der Waals surface area contributed by atoms with Gasteiger partial charge in [-0.15, -0.1) is 0 Å². The molecule has 10 nitrogen and oxygen atoms in total. The lowest BCUT2D eigenvalue weighted by Gasteiger charge is -2.16. The first-order valence-corrected chi connectivity index (χ1v) is 9.50. The third kappa shape index (κ3) is 3.34. The van der Waals surface area contributed by atoms with Crippen molar-refractivity contribution in [1.29, 1.82) is 0 Å². The van der Waals surface area contributed by atoms with Gasteiger partial charge in [0.25, 0.3) is 11.6 Å². The summed E-state index contributed by atoms with van der Waals surface area (Å²) in [5.74, 6) is -3.02. The summed E-state index contributed by atoms with van der Waals surface area (Å²) in [6.07, 6.45) is 4.71. The molecule has 30 heavy (non-hydrogen) atoms. The fraction of sp³-hybridized carbons (Fsp3) is 0.400. The van der Waals surface area contributed by atoms with Crippen LogP contribution >= 0.6 is 0 Å². The largest absolute Gasteiger partial charge is 0.454 e. The maximum Gasteiger partial charge on any atom is 0.326 e. The van der Waals surface area contributed by atoms with Gasteiger partial charge in [0, 0.05) is 17.3 Å². The van der Waals surface area contributed by atoms with Crippen LogP contribution in [0.1, 0.15) is 12.0 Å². The van der Waals surface area contributed by atoms with Crippen molar-refractivity contribution in [3.8, 4) is 0 Å². The lowest BCUT2D eigenvalue weighted by Crippen LogP contribution is -2.38. The maximum absolute atomic E-state index is 12.5. The Morgan fingerprint density at radius 1 is 1.20 bits per heavy atom. The molecule has 1 saturated heterocycles. The summed E-state index contributed by atoms with van der Waals surface area (Å²) < 4.78 is 4.88. The molecular weight excluding hydrogens is 394 g/mol. The van der Waals surface area contributed by atoms with Crippen LogP contribution < -0.4 is 5.32 Å². The number of carbonyl (C=O) groups is 4. The number of fused-ring (bicyclic) bond motifs is 5. The normalized spacial score (nSPS) is 26.1. The van der Waals surface area contributed by atoms with Crippen molar-refractivity contribution >= 4 is 35.1 Å². The molecule has 1 aromatic carbocycles. The van der Waals surface area contributed by atoms with E-state index in [0.717, 1.165) is 11.3 Å². The lowest BCUT2D eigenvalue weighted by molar-refractivity contribution is -0.385. The molecule has 0 radical (unpaired) electrons. The number of ether oxygens (including phenoxy) is 1. The third-order valence-corrected chi connectivity index (χ3v) is 5.90. The Kier molecular flexibility index (Phi) is 4.84. The molecule has 0 unspecified atom stereocenters. The molecule has 2 aliphatic carbocycles. The van der Waals surface area contributed by atoms with Crippen LogP contribution in [0.15, 0.2) is 30.4 Å². The number of rotatable bonds is 6. The number of nitrogens with zero attached hydrogens (tertiary/aromatic N) is 2. The van der Waals surface area contributed by atoms with E-state index in [-0.39, 0.29) is 35.0 Å². The number of imide groups is 1.